The fraction of sp³-hybridized carbons (Fsp3) is 0.571. The summed E-state index contributed by atoms with van der Waals surface area (Å²) in [5, 5.41) is 12.0. The second-order valence-electron chi connectivity index (χ2n) is 4.51. The van der Waals surface area contributed by atoms with Crippen molar-refractivity contribution in [3.8, 4) is 11.5 Å². The highest BCUT2D eigenvalue weighted by atomic mass is 19.3. The minimum atomic E-state index is -2.88. The van der Waals surface area contributed by atoms with Crippen LogP contribution in [0.4, 0.5) is 8.78 Å². The quantitative estimate of drug-likeness (QED) is 0.733. The molecule has 0 radical (unpaired) electrons. The minimum absolute atomic E-state index is 0.0322. The largest absolute Gasteiger partial charge is 0.493 e. The molecule has 2 N–H and O–H groups in total. The minimum Gasteiger partial charge on any atom is -0.493 e. The Morgan fingerprint density at radius 1 is 1.30 bits per heavy atom. The molecule has 4 nitrogen and oxygen atoms in total. The van der Waals surface area contributed by atoms with Gasteiger partial charge in [0.2, 0.25) is 0 Å². The third-order valence-corrected chi connectivity index (χ3v) is 2.89. The smallest absolute Gasteiger partial charge is 0.387 e. The average molecular weight is 289 g/mol. The van der Waals surface area contributed by atoms with Crippen molar-refractivity contribution in [2.45, 2.75) is 39.0 Å². The van der Waals surface area contributed by atoms with Gasteiger partial charge in [0, 0.05) is 19.2 Å². The lowest BCUT2D eigenvalue weighted by Gasteiger charge is -2.15. The lowest BCUT2D eigenvalue weighted by atomic mass is 10.1. The molecule has 0 fully saturated rings. The van der Waals surface area contributed by atoms with E-state index in [1.54, 1.807) is 12.1 Å². The highest BCUT2D eigenvalue weighted by Crippen LogP contribution is 2.29. The molecule has 1 atom stereocenters. The summed E-state index contributed by atoms with van der Waals surface area (Å²) in [6, 6.07) is 5.18. The molecule has 0 aliphatic rings. The summed E-state index contributed by atoms with van der Waals surface area (Å²) in [6.45, 7) is -0.164. The summed E-state index contributed by atoms with van der Waals surface area (Å²) in [6.07, 6.45) is 1.59. The number of aliphatic hydroxyl groups excluding tert-OH is 1. The molecule has 0 saturated carbocycles. The summed E-state index contributed by atoms with van der Waals surface area (Å²) >= 11 is 0. The van der Waals surface area contributed by atoms with E-state index < -0.39 is 6.61 Å². The molecule has 1 aromatic carbocycles. The molecule has 20 heavy (non-hydrogen) atoms. The summed E-state index contributed by atoms with van der Waals surface area (Å²) < 4.78 is 34.0. The number of halogens is 2. The second-order valence-corrected chi connectivity index (χ2v) is 4.51. The van der Waals surface area contributed by atoms with Gasteiger partial charge in [-0.1, -0.05) is 6.07 Å². The number of hydrogen-bond donors (Lipinski definition) is 2. The Labute approximate surface area is 117 Å². The molecule has 1 unspecified atom stereocenters. The van der Waals surface area contributed by atoms with Gasteiger partial charge in [0.05, 0.1) is 7.11 Å². The number of alkyl halides is 2. The number of methoxy groups -OCH3 is 1. The van der Waals surface area contributed by atoms with Crippen LogP contribution in [-0.2, 0) is 6.54 Å². The van der Waals surface area contributed by atoms with E-state index in [1.165, 1.54) is 13.2 Å². The molecule has 1 aromatic rings. The van der Waals surface area contributed by atoms with E-state index in [2.05, 4.69) is 10.1 Å². The molecule has 0 aliphatic heterocycles. The van der Waals surface area contributed by atoms with Crippen LogP contribution in [0.1, 0.15) is 25.3 Å². The van der Waals surface area contributed by atoms with Gasteiger partial charge in [-0.25, -0.2) is 0 Å². The molecule has 6 heteroatoms. The lowest BCUT2D eigenvalue weighted by Crippen LogP contribution is -2.25. The Hall–Kier alpha value is -1.40. The van der Waals surface area contributed by atoms with E-state index in [9.17, 15) is 8.78 Å². The predicted molar refractivity (Wildman–Crippen MR) is 72.2 cm³/mol. The van der Waals surface area contributed by atoms with Crippen molar-refractivity contribution < 1.29 is 23.4 Å². The molecule has 0 saturated heterocycles. The maximum atomic E-state index is 12.3. The highest BCUT2D eigenvalue weighted by molar-refractivity contribution is 5.42. The SMILES string of the molecule is COc1ccc(CNC(C)CCCO)cc1OC(F)F. The van der Waals surface area contributed by atoms with Gasteiger partial charge in [0.1, 0.15) is 0 Å². The molecule has 0 amide bonds. The lowest BCUT2D eigenvalue weighted by molar-refractivity contribution is -0.0512. The Balaban J connectivity index is 2.62. The average Bonchev–Trinajstić information content (AvgIpc) is 2.42. The standard InChI is InChI=1S/C14H21F2NO3/c1-10(4-3-7-18)17-9-11-5-6-12(19-2)13(8-11)20-14(15)16/h5-6,8,10,14,17-18H,3-4,7,9H2,1-2H3. The first-order valence-electron chi connectivity index (χ1n) is 6.52. The molecular formula is C14H21F2NO3. The van der Waals surface area contributed by atoms with Gasteiger partial charge in [0.25, 0.3) is 0 Å². The van der Waals surface area contributed by atoms with Gasteiger partial charge in [-0.2, -0.15) is 8.78 Å². The van der Waals surface area contributed by atoms with Crippen LogP contribution in [0.15, 0.2) is 18.2 Å². The number of aliphatic hydroxyl groups is 1. The fourth-order valence-electron chi connectivity index (χ4n) is 1.81. The van der Waals surface area contributed by atoms with Crippen LogP contribution < -0.4 is 14.8 Å². The van der Waals surface area contributed by atoms with Crippen LogP contribution >= 0.6 is 0 Å². The van der Waals surface area contributed by atoms with Gasteiger partial charge >= 0.3 is 6.61 Å². The van der Waals surface area contributed by atoms with E-state index in [4.69, 9.17) is 9.84 Å². The molecule has 1 rings (SSSR count). The molecular weight excluding hydrogens is 268 g/mol. The van der Waals surface area contributed by atoms with E-state index in [0.29, 0.717) is 6.54 Å². The third kappa shape index (κ3) is 5.71. The monoisotopic (exact) mass is 289 g/mol. The maximum Gasteiger partial charge on any atom is 0.387 e. The zero-order valence-electron chi connectivity index (χ0n) is 11.7. The van der Waals surface area contributed by atoms with Crippen LogP contribution in [0.25, 0.3) is 0 Å². The third-order valence-electron chi connectivity index (χ3n) is 2.89. The number of rotatable bonds is 9. The van der Waals surface area contributed by atoms with Crippen molar-refractivity contribution in [2.75, 3.05) is 13.7 Å². The van der Waals surface area contributed by atoms with Crippen LogP contribution in [0.5, 0.6) is 11.5 Å². The molecule has 0 aliphatic carbocycles. The van der Waals surface area contributed by atoms with Crippen molar-refractivity contribution in [3.63, 3.8) is 0 Å². The van der Waals surface area contributed by atoms with Crippen LogP contribution in [0, 0.1) is 0 Å². The van der Waals surface area contributed by atoms with Crippen molar-refractivity contribution in [3.05, 3.63) is 23.8 Å². The number of ether oxygens (including phenoxy) is 2. The number of benzene rings is 1. The predicted octanol–water partition coefficient (Wildman–Crippen LogP) is 2.55. The van der Waals surface area contributed by atoms with Gasteiger partial charge in [0.15, 0.2) is 11.5 Å². The fourth-order valence-corrected chi connectivity index (χ4v) is 1.81. The zero-order valence-corrected chi connectivity index (χ0v) is 11.7. The Bertz CT molecular complexity index is 402. The van der Waals surface area contributed by atoms with Crippen molar-refractivity contribution in [1.29, 1.82) is 0 Å². The summed E-state index contributed by atoms with van der Waals surface area (Å²) in [5.41, 5.74) is 0.831. The topological polar surface area (TPSA) is 50.7 Å². The van der Waals surface area contributed by atoms with Crippen molar-refractivity contribution >= 4 is 0 Å². The van der Waals surface area contributed by atoms with Gasteiger partial charge < -0.3 is 19.9 Å². The van der Waals surface area contributed by atoms with E-state index in [1.807, 2.05) is 6.92 Å². The van der Waals surface area contributed by atoms with E-state index >= 15 is 0 Å². The normalized spacial score (nSPS) is 12.5. The van der Waals surface area contributed by atoms with Crippen LogP contribution in [0.3, 0.4) is 0 Å². The Morgan fingerprint density at radius 3 is 2.65 bits per heavy atom. The second kappa shape index (κ2) is 8.71. The van der Waals surface area contributed by atoms with Crippen LogP contribution in [0.2, 0.25) is 0 Å². The number of nitrogens with one attached hydrogen (secondary N) is 1. The summed E-state index contributed by atoms with van der Waals surface area (Å²) in [4.78, 5) is 0. The molecule has 114 valence electrons. The first kappa shape index (κ1) is 16.7. The highest BCUT2D eigenvalue weighted by Gasteiger charge is 2.11. The molecule has 0 spiro atoms. The molecule has 0 aromatic heterocycles. The van der Waals surface area contributed by atoms with E-state index in [0.717, 1.165) is 18.4 Å². The zero-order chi connectivity index (χ0) is 15.0. The first-order chi connectivity index (χ1) is 9.56. The van der Waals surface area contributed by atoms with E-state index in [-0.39, 0.29) is 24.1 Å². The number of hydrogen-bond acceptors (Lipinski definition) is 4. The Kier molecular flexibility index (Phi) is 7.25. The molecule has 0 bridgehead atoms. The maximum absolute atomic E-state index is 12.3. The van der Waals surface area contributed by atoms with Gasteiger partial charge in [-0.15, -0.1) is 0 Å². The summed E-state index contributed by atoms with van der Waals surface area (Å²) in [5.74, 6) is 0.312. The van der Waals surface area contributed by atoms with Crippen molar-refractivity contribution in [2.24, 2.45) is 0 Å². The van der Waals surface area contributed by atoms with Crippen LogP contribution in [-0.4, -0.2) is 31.5 Å². The Morgan fingerprint density at radius 2 is 2.05 bits per heavy atom. The molecule has 0 heterocycles. The summed E-state index contributed by atoms with van der Waals surface area (Å²) in [7, 11) is 1.41. The van der Waals surface area contributed by atoms with Crippen molar-refractivity contribution in [1.82, 2.24) is 5.32 Å². The van der Waals surface area contributed by atoms with Gasteiger partial charge in [-0.3, -0.25) is 0 Å². The first-order valence-corrected chi connectivity index (χ1v) is 6.52. The van der Waals surface area contributed by atoms with Gasteiger partial charge in [-0.05, 0) is 37.5 Å².